The van der Waals surface area contributed by atoms with Gasteiger partial charge in [-0.25, -0.2) is 13.4 Å². The van der Waals surface area contributed by atoms with Gasteiger partial charge in [0.1, 0.15) is 21.8 Å². The van der Waals surface area contributed by atoms with Gasteiger partial charge in [0.2, 0.25) is 0 Å². The van der Waals surface area contributed by atoms with Crippen molar-refractivity contribution in [2.24, 2.45) is 0 Å². The van der Waals surface area contributed by atoms with E-state index in [1.54, 1.807) is 65.0 Å². The Morgan fingerprint density at radius 1 is 1.15 bits per heavy atom. The molecule has 0 spiro atoms. The zero-order chi connectivity index (χ0) is 24.1. The summed E-state index contributed by atoms with van der Waals surface area (Å²) in [5.74, 6) is 0.979. The highest BCUT2D eigenvalue weighted by molar-refractivity contribution is 7.94. The Bertz CT molecular complexity index is 1280. The van der Waals surface area contributed by atoms with E-state index in [0.717, 1.165) is 11.3 Å². The molecule has 0 aliphatic carbocycles. The highest BCUT2D eigenvalue weighted by Gasteiger charge is 2.24. The molecular formula is C23H23N5O4S2. The highest BCUT2D eigenvalue weighted by Crippen LogP contribution is 2.26. The molecule has 1 aliphatic heterocycles. The molecule has 1 amide bonds. The van der Waals surface area contributed by atoms with E-state index in [9.17, 15) is 18.5 Å². The molecule has 1 aliphatic rings. The second-order valence-electron chi connectivity index (χ2n) is 7.54. The lowest BCUT2D eigenvalue weighted by Crippen LogP contribution is -2.50. The van der Waals surface area contributed by atoms with Crippen molar-refractivity contribution in [2.75, 3.05) is 49.0 Å². The van der Waals surface area contributed by atoms with E-state index in [1.807, 2.05) is 4.90 Å². The first kappa shape index (κ1) is 23.5. The number of hydrogen-bond donors (Lipinski definition) is 0. The normalized spacial score (nSPS) is 13.9. The number of rotatable bonds is 7. The van der Waals surface area contributed by atoms with Crippen LogP contribution in [-0.4, -0.2) is 64.0 Å². The number of pyridine rings is 1. The van der Waals surface area contributed by atoms with Crippen LogP contribution in [0.15, 0.2) is 64.3 Å². The number of hydrogen-bond acceptors (Lipinski definition) is 8. The summed E-state index contributed by atoms with van der Waals surface area (Å²) in [5.41, 5.74) is 1.01. The van der Waals surface area contributed by atoms with Crippen LogP contribution in [0.2, 0.25) is 0 Å². The first-order valence-electron chi connectivity index (χ1n) is 10.5. The molecule has 0 N–H and O–H groups in total. The number of anilines is 2. The molecule has 4 rings (SSSR count). The summed E-state index contributed by atoms with van der Waals surface area (Å²) >= 11 is 1.16. The molecule has 9 nitrogen and oxygen atoms in total. The van der Waals surface area contributed by atoms with Crippen molar-refractivity contribution in [1.82, 2.24) is 9.88 Å². The van der Waals surface area contributed by atoms with Crippen molar-refractivity contribution in [2.45, 2.75) is 4.21 Å². The minimum atomic E-state index is -3.61. The molecule has 11 heteroatoms. The SMILES string of the molecule is CN(c1ccc(OCC(=O)N2CCN(c3ncccc3C#N)CC2)cc1)S(=O)(=O)c1cccs1. The van der Waals surface area contributed by atoms with E-state index in [0.29, 0.717) is 49.0 Å². The van der Waals surface area contributed by atoms with Crippen molar-refractivity contribution in [3.05, 3.63) is 65.7 Å². The lowest BCUT2D eigenvalue weighted by Gasteiger charge is -2.35. The predicted octanol–water partition coefficient (Wildman–Crippen LogP) is 2.57. The maximum Gasteiger partial charge on any atom is 0.273 e. The summed E-state index contributed by atoms with van der Waals surface area (Å²) < 4.78 is 32.4. The van der Waals surface area contributed by atoms with Crippen molar-refractivity contribution in [3.8, 4) is 11.8 Å². The number of ether oxygens (including phenoxy) is 1. The van der Waals surface area contributed by atoms with Gasteiger partial charge in [0, 0.05) is 39.4 Å². The Hall–Kier alpha value is -3.62. The van der Waals surface area contributed by atoms with Crippen LogP contribution in [0.4, 0.5) is 11.5 Å². The van der Waals surface area contributed by atoms with Gasteiger partial charge in [-0.2, -0.15) is 5.26 Å². The number of thiophene rings is 1. The minimum Gasteiger partial charge on any atom is -0.484 e. The van der Waals surface area contributed by atoms with Crippen LogP contribution in [0.5, 0.6) is 5.75 Å². The van der Waals surface area contributed by atoms with Crippen LogP contribution < -0.4 is 13.9 Å². The Morgan fingerprint density at radius 3 is 2.53 bits per heavy atom. The number of sulfonamides is 1. The molecule has 34 heavy (non-hydrogen) atoms. The smallest absolute Gasteiger partial charge is 0.273 e. The van der Waals surface area contributed by atoms with E-state index < -0.39 is 10.0 Å². The summed E-state index contributed by atoms with van der Waals surface area (Å²) in [6.45, 7) is 2.06. The van der Waals surface area contributed by atoms with Crippen molar-refractivity contribution in [3.63, 3.8) is 0 Å². The van der Waals surface area contributed by atoms with Gasteiger partial charge in [-0.15, -0.1) is 11.3 Å². The third-order valence-electron chi connectivity index (χ3n) is 5.51. The Labute approximate surface area is 202 Å². The first-order chi connectivity index (χ1) is 16.4. The largest absolute Gasteiger partial charge is 0.484 e. The number of nitrogens with zero attached hydrogens (tertiary/aromatic N) is 5. The van der Waals surface area contributed by atoms with Gasteiger partial charge < -0.3 is 14.5 Å². The molecule has 3 aromatic rings. The third-order valence-corrected chi connectivity index (χ3v) is 8.67. The third kappa shape index (κ3) is 4.98. The topological polar surface area (TPSA) is 107 Å². The molecular weight excluding hydrogens is 474 g/mol. The number of piperazine rings is 1. The monoisotopic (exact) mass is 497 g/mol. The maximum atomic E-state index is 12.6. The second kappa shape index (κ2) is 10.1. The quantitative estimate of drug-likeness (QED) is 0.494. The standard InChI is InChI=1S/C23H23N5O4S2/c1-26(34(30,31)22-5-3-15-33-22)19-6-8-20(9-7-19)32-17-21(29)27-11-13-28(14-12-27)23-18(16-24)4-2-10-25-23/h2-10,15H,11-14,17H2,1H3. The first-order valence-corrected chi connectivity index (χ1v) is 12.9. The number of aromatic nitrogens is 1. The molecule has 2 aromatic heterocycles. The van der Waals surface area contributed by atoms with Crippen LogP contribution in [0, 0.1) is 11.3 Å². The van der Waals surface area contributed by atoms with Gasteiger partial charge >= 0.3 is 0 Å². The van der Waals surface area contributed by atoms with Crippen molar-refractivity contribution in [1.29, 1.82) is 5.26 Å². The van der Waals surface area contributed by atoms with E-state index in [4.69, 9.17) is 4.74 Å². The summed E-state index contributed by atoms with van der Waals surface area (Å²) in [7, 11) is -2.11. The molecule has 0 unspecified atom stereocenters. The van der Waals surface area contributed by atoms with E-state index in [2.05, 4.69) is 11.1 Å². The van der Waals surface area contributed by atoms with Gasteiger partial charge in [0.15, 0.2) is 6.61 Å². The number of nitriles is 1. The molecule has 1 fully saturated rings. The van der Waals surface area contributed by atoms with Gasteiger partial charge in [0.25, 0.3) is 15.9 Å². The summed E-state index contributed by atoms with van der Waals surface area (Å²) in [6, 6.07) is 15.4. The number of amides is 1. The van der Waals surface area contributed by atoms with E-state index in [1.165, 1.54) is 11.4 Å². The lowest BCUT2D eigenvalue weighted by molar-refractivity contribution is -0.133. The number of benzene rings is 1. The van der Waals surface area contributed by atoms with Gasteiger partial charge in [-0.05, 0) is 47.8 Å². The molecule has 0 atom stereocenters. The molecule has 176 valence electrons. The van der Waals surface area contributed by atoms with E-state index >= 15 is 0 Å². The fraction of sp³-hybridized carbons (Fsp3) is 0.261. The highest BCUT2D eigenvalue weighted by atomic mass is 32.2. The summed E-state index contributed by atoms with van der Waals surface area (Å²) in [5, 5.41) is 11.0. The van der Waals surface area contributed by atoms with Crippen LogP contribution in [-0.2, 0) is 14.8 Å². The molecule has 1 saturated heterocycles. The van der Waals surface area contributed by atoms with Crippen LogP contribution in [0.25, 0.3) is 0 Å². The van der Waals surface area contributed by atoms with Gasteiger partial charge in [0.05, 0.1) is 11.3 Å². The second-order valence-corrected chi connectivity index (χ2v) is 10.7. The van der Waals surface area contributed by atoms with Crippen LogP contribution in [0.3, 0.4) is 0 Å². The minimum absolute atomic E-state index is 0.115. The Kier molecular flexibility index (Phi) is 7.00. The van der Waals surface area contributed by atoms with Gasteiger partial charge in [-0.1, -0.05) is 6.07 Å². The molecule has 0 radical (unpaired) electrons. The zero-order valence-electron chi connectivity index (χ0n) is 18.5. The maximum absolute atomic E-state index is 12.6. The average Bonchev–Trinajstić information content (AvgIpc) is 3.43. The molecule has 1 aromatic carbocycles. The molecule has 3 heterocycles. The van der Waals surface area contributed by atoms with Crippen LogP contribution in [0.1, 0.15) is 5.56 Å². The van der Waals surface area contributed by atoms with Crippen molar-refractivity contribution < 1.29 is 17.9 Å². The Balaban J connectivity index is 1.30. The Morgan fingerprint density at radius 2 is 1.88 bits per heavy atom. The summed E-state index contributed by atoms with van der Waals surface area (Å²) in [4.78, 5) is 20.6. The fourth-order valence-corrected chi connectivity index (χ4v) is 5.93. The molecule has 0 saturated carbocycles. The molecule has 0 bridgehead atoms. The lowest BCUT2D eigenvalue weighted by atomic mass is 10.2. The average molecular weight is 498 g/mol. The van der Waals surface area contributed by atoms with Crippen molar-refractivity contribution >= 4 is 38.8 Å². The fourth-order valence-electron chi connectivity index (χ4n) is 3.58. The predicted molar refractivity (Wildman–Crippen MR) is 130 cm³/mol. The van der Waals surface area contributed by atoms with Gasteiger partial charge in [-0.3, -0.25) is 9.10 Å². The van der Waals surface area contributed by atoms with E-state index in [-0.39, 0.29) is 16.7 Å². The number of carbonyl (C=O) groups excluding carboxylic acids is 1. The number of carbonyl (C=O) groups is 1. The zero-order valence-corrected chi connectivity index (χ0v) is 20.1. The van der Waals surface area contributed by atoms with Crippen LogP contribution >= 0.6 is 11.3 Å². The summed E-state index contributed by atoms with van der Waals surface area (Å²) in [6.07, 6.45) is 1.65.